The van der Waals surface area contributed by atoms with Gasteiger partial charge in [-0.05, 0) is 68.6 Å². The molecule has 1 N–H and O–H groups in total. The van der Waals surface area contributed by atoms with Gasteiger partial charge in [-0.3, -0.25) is 4.79 Å². The van der Waals surface area contributed by atoms with Crippen LogP contribution in [0, 0.1) is 41.4 Å². The summed E-state index contributed by atoms with van der Waals surface area (Å²) in [5.41, 5.74) is 0. The highest BCUT2D eigenvalue weighted by Gasteiger charge is 2.38. The maximum Gasteiger partial charge on any atom is 0.308 e. The minimum atomic E-state index is -0.0460. The first-order chi connectivity index (χ1) is 15.1. The lowest BCUT2D eigenvalue weighted by molar-refractivity contribution is -0.238. The molecule has 0 spiro atoms. The van der Waals surface area contributed by atoms with Crippen molar-refractivity contribution >= 4 is 5.97 Å². The average Bonchev–Trinajstić information content (AvgIpc) is 2.78. The highest BCUT2D eigenvalue weighted by atomic mass is 16.7. The molecule has 0 aromatic rings. The number of aliphatic hydroxyl groups excluding tert-OH is 1. The Labute approximate surface area is 188 Å². The van der Waals surface area contributed by atoms with Gasteiger partial charge in [-0.2, -0.15) is 0 Å². The van der Waals surface area contributed by atoms with Gasteiger partial charge in [0, 0.05) is 18.4 Å². The fraction of sp³-hybridized carbons (Fsp3) is 0.962. The van der Waals surface area contributed by atoms with Gasteiger partial charge in [-0.1, -0.05) is 39.0 Å². The summed E-state index contributed by atoms with van der Waals surface area (Å²) in [5.74, 6) is 3.61. The molecule has 4 rings (SSSR count). The van der Waals surface area contributed by atoms with Crippen molar-refractivity contribution in [2.45, 2.75) is 90.3 Å². The molecule has 5 heteroatoms. The maximum atomic E-state index is 12.7. The summed E-state index contributed by atoms with van der Waals surface area (Å²) in [6, 6.07) is 0. The molecule has 1 heterocycles. The first-order valence-electron chi connectivity index (χ1n) is 13.1. The number of carbonyl (C=O) groups excluding carboxylic acids is 1. The van der Waals surface area contributed by atoms with Gasteiger partial charge in [0.05, 0.1) is 25.7 Å². The third kappa shape index (κ3) is 6.68. The van der Waals surface area contributed by atoms with Crippen molar-refractivity contribution < 1.29 is 24.1 Å². The Kier molecular flexibility index (Phi) is 8.70. The fourth-order valence-electron chi connectivity index (χ4n) is 6.88. The van der Waals surface area contributed by atoms with Crippen molar-refractivity contribution in [1.82, 2.24) is 0 Å². The minimum absolute atomic E-state index is 0.0262. The third-order valence-corrected chi connectivity index (χ3v) is 8.48. The summed E-state index contributed by atoms with van der Waals surface area (Å²) in [6.07, 6.45) is 14.3. The van der Waals surface area contributed by atoms with Crippen LogP contribution in [0.2, 0.25) is 0 Å². The largest absolute Gasteiger partial charge is 0.465 e. The zero-order chi connectivity index (χ0) is 21.6. The molecule has 5 nitrogen and oxygen atoms in total. The molecule has 4 fully saturated rings. The lowest BCUT2D eigenvalue weighted by atomic mass is 9.68. The molecule has 2 bridgehead atoms. The quantitative estimate of drug-likeness (QED) is 0.545. The fourth-order valence-corrected chi connectivity index (χ4v) is 6.88. The molecule has 3 aliphatic carbocycles. The van der Waals surface area contributed by atoms with E-state index in [4.69, 9.17) is 19.3 Å². The second-order valence-electron chi connectivity index (χ2n) is 11.2. The molecule has 0 aromatic heterocycles. The number of fused-ring (bicyclic) bond motifs is 2. The molecule has 1 aliphatic heterocycles. The van der Waals surface area contributed by atoms with Crippen molar-refractivity contribution in [3.05, 3.63) is 0 Å². The number of ether oxygens (including phenoxy) is 3. The number of aliphatic hydroxyl groups is 1. The summed E-state index contributed by atoms with van der Waals surface area (Å²) >= 11 is 0. The van der Waals surface area contributed by atoms with Crippen LogP contribution in [0.5, 0.6) is 0 Å². The van der Waals surface area contributed by atoms with Crippen molar-refractivity contribution in [2.24, 2.45) is 41.4 Å². The van der Waals surface area contributed by atoms with Crippen LogP contribution in [-0.4, -0.2) is 43.8 Å². The van der Waals surface area contributed by atoms with Gasteiger partial charge in [-0.15, -0.1) is 0 Å². The van der Waals surface area contributed by atoms with Gasteiger partial charge in [0.25, 0.3) is 0 Å². The number of hydrogen-bond acceptors (Lipinski definition) is 5. The third-order valence-electron chi connectivity index (χ3n) is 8.48. The Hall–Kier alpha value is -0.650. The van der Waals surface area contributed by atoms with E-state index in [-0.39, 0.29) is 30.7 Å². The lowest BCUT2D eigenvalue weighted by Crippen LogP contribution is -2.42. The van der Waals surface area contributed by atoms with Crippen LogP contribution in [0.25, 0.3) is 0 Å². The van der Waals surface area contributed by atoms with Crippen LogP contribution in [0.15, 0.2) is 0 Å². The van der Waals surface area contributed by atoms with Crippen molar-refractivity contribution in [3.63, 3.8) is 0 Å². The summed E-state index contributed by atoms with van der Waals surface area (Å²) in [5, 5.41) is 9.13. The second kappa shape index (κ2) is 11.5. The van der Waals surface area contributed by atoms with E-state index in [1.165, 1.54) is 44.9 Å². The molecule has 0 aromatic carbocycles. The van der Waals surface area contributed by atoms with Crippen LogP contribution in [0.1, 0.15) is 84.0 Å². The van der Waals surface area contributed by atoms with Gasteiger partial charge < -0.3 is 19.3 Å². The van der Waals surface area contributed by atoms with Crippen molar-refractivity contribution in [1.29, 1.82) is 0 Å². The topological polar surface area (TPSA) is 65.0 Å². The Balaban J connectivity index is 1.14. The van der Waals surface area contributed by atoms with Crippen LogP contribution < -0.4 is 0 Å². The van der Waals surface area contributed by atoms with Crippen molar-refractivity contribution in [3.8, 4) is 0 Å². The number of esters is 1. The van der Waals surface area contributed by atoms with Crippen molar-refractivity contribution in [2.75, 3.05) is 26.4 Å². The van der Waals surface area contributed by atoms with Gasteiger partial charge in [0.1, 0.15) is 0 Å². The van der Waals surface area contributed by atoms with Crippen LogP contribution in [0.4, 0.5) is 0 Å². The summed E-state index contributed by atoms with van der Waals surface area (Å²) in [7, 11) is 0. The lowest BCUT2D eigenvalue weighted by Gasteiger charge is -2.43. The van der Waals surface area contributed by atoms with Gasteiger partial charge in [0.15, 0.2) is 6.29 Å². The Morgan fingerprint density at radius 1 is 0.968 bits per heavy atom. The zero-order valence-corrected chi connectivity index (χ0v) is 19.5. The smallest absolute Gasteiger partial charge is 0.308 e. The van der Waals surface area contributed by atoms with Gasteiger partial charge in [0.2, 0.25) is 0 Å². The zero-order valence-electron chi connectivity index (χ0n) is 19.5. The van der Waals surface area contributed by atoms with E-state index in [1.807, 2.05) is 0 Å². The Bertz CT molecular complexity index is 546. The van der Waals surface area contributed by atoms with E-state index in [1.54, 1.807) is 0 Å². The van der Waals surface area contributed by atoms with Crippen LogP contribution in [-0.2, 0) is 19.0 Å². The molecule has 1 saturated heterocycles. The molecule has 5 unspecified atom stereocenters. The summed E-state index contributed by atoms with van der Waals surface area (Å²) in [6.45, 7) is 4.18. The molecule has 0 radical (unpaired) electrons. The summed E-state index contributed by atoms with van der Waals surface area (Å²) in [4.78, 5) is 12.7. The van der Waals surface area contributed by atoms with Crippen LogP contribution >= 0.6 is 0 Å². The molecule has 4 aliphatic rings. The van der Waals surface area contributed by atoms with Gasteiger partial charge in [-0.25, -0.2) is 0 Å². The normalized spacial score (nSPS) is 39.6. The summed E-state index contributed by atoms with van der Waals surface area (Å²) < 4.78 is 18.0. The highest BCUT2D eigenvalue weighted by molar-refractivity contribution is 5.72. The monoisotopic (exact) mass is 436 g/mol. The van der Waals surface area contributed by atoms with Gasteiger partial charge >= 0.3 is 5.97 Å². The standard InChI is InChI=1S/C26H44O5/c1-18(8-9-27)10-19-6-3-7-23(12-19)25(28)29-15-22-16-30-26(31-17-22)24-13-20-4-2-5-21(11-20)14-24/h18-24,26-27H,2-17H2,1H3. The number of carbonyl (C=O) groups is 1. The number of rotatable bonds is 8. The average molecular weight is 437 g/mol. The minimum Gasteiger partial charge on any atom is -0.465 e. The molecular formula is C26H44O5. The predicted octanol–water partition coefficient (Wildman–Crippen LogP) is 4.95. The highest BCUT2D eigenvalue weighted by Crippen LogP contribution is 2.44. The number of hydrogen-bond donors (Lipinski definition) is 1. The maximum absolute atomic E-state index is 12.7. The first-order valence-corrected chi connectivity index (χ1v) is 13.1. The Morgan fingerprint density at radius 3 is 2.39 bits per heavy atom. The van der Waals surface area contributed by atoms with E-state index in [2.05, 4.69) is 6.92 Å². The first kappa shape index (κ1) is 23.5. The van der Waals surface area contributed by atoms with E-state index < -0.39 is 0 Å². The van der Waals surface area contributed by atoms with E-state index in [0.717, 1.165) is 43.9 Å². The molecule has 31 heavy (non-hydrogen) atoms. The van der Waals surface area contributed by atoms with E-state index in [0.29, 0.717) is 37.6 Å². The molecule has 178 valence electrons. The van der Waals surface area contributed by atoms with E-state index >= 15 is 0 Å². The Morgan fingerprint density at radius 2 is 1.68 bits per heavy atom. The molecule has 3 saturated carbocycles. The van der Waals surface area contributed by atoms with Crippen LogP contribution in [0.3, 0.4) is 0 Å². The molecular weight excluding hydrogens is 392 g/mol. The van der Waals surface area contributed by atoms with E-state index in [9.17, 15) is 4.79 Å². The molecule has 0 amide bonds. The molecule has 5 atom stereocenters. The predicted molar refractivity (Wildman–Crippen MR) is 119 cm³/mol. The SMILES string of the molecule is CC(CCO)CC1CCCC(C(=O)OCC2COC(C3CC4CCCC(C4)C3)OC2)C1. The second-order valence-corrected chi connectivity index (χ2v) is 11.2.